The van der Waals surface area contributed by atoms with E-state index in [1.54, 1.807) is 20.8 Å². The first-order chi connectivity index (χ1) is 9.92. The lowest BCUT2D eigenvalue weighted by molar-refractivity contribution is -0.144. The molecule has 0 saturated heterocycles. The predicted octanol–water partition coefficient (Wildman–Crippen LogP) is 2.25. The van der Waals surface area contributed by atoms with Crippen molar-refractivity contribution in [1.82, 2.24) is 4.90 Å². The summed E-state index contributed by atoms with van der Waals surface area (Å²) in [6.07, 6.45) is 0. The highest BCUT2D eigenvalue weighted by atomic mass is 19.1. The smallest absolute Gasteiger partial charge is 0.325 e. The van der Waals surface area contributed by atoms with E-state index < -0.39 is 17.7 Å². The molecule has 0 unspecified atom stereocenters. The fourth-order valence-corrected chi connectivity index (χ4v) is 1.86. The van der Waals surface area contributed by atoms with Crippen LogP contribution in [0, 0.1) is 5.82 Å². The molecule has 6 heteroatoms. The van der Waals surface area contributed by atoms with Gasteiger partial charge in [0, 0.05) is 6.04 Å². The molecule has 0 aliphatic rings. The molecule has 0 fully saturated rings. The maximum absolute atomic E-state index is 14.0. The van der Waals surface area contributed by atoms with Crippen molar-refractivity contribution in [2.24, 2.45) is 0 Å². The minimum atomic E-state index is -0.686. The highest BCUT2D eigenvalue weighted by Crippen LogP contribution is 2.23. The van der Waals surface area contributed by atoms with Crippen molar-refractivity contribution in [3.63, 3.8) is 0 Å². The summed E-state index contributed by atoms with van der Waals surface area (Å²) in [4.78, 5) is 25.4. The van der Waals surface area contributed by atoms with Crippen LogP contribution in [0.1, 0.15) is 31.1 Å². The van der Waals surface area contributed by atoms with E-state index in [0.29, 0.717) is 0 Å². The minimum absolute atomic E-state index is 0.134. The first-order valence-corrected chi connectivity index (χ1v) is 6.71. The Balaban J connectivity index is 3.10. The lowest BCUT2D eigenvalue weighted by atomic mass is 10.1. The van der Waals surface area contributed by atoms with Crippen molar-refractivity contribution in [3.8, 4) is 5.75 Å². The number of carbonyl (C=O) groups excluding carboxylic acids is 2. The summed E-state index contributed by atoms with van der Waals surface area (Å²) in [5.74, 6) is -1.69. The second kappa shape index (κ2) is 7.61. The topological polar surface area (TPSA) is 55.8 Å². The van der Waals surface area contributed by atoms with Gasteiger partial charge in [-0.1, -0.05) is 6.07 Å². The Morgan fingerprint density at radius 2 is 2.00 bits per heavy atom. The van der Waals surface area contributed by atoms with Crippen molar-refractivity contribution in [2.45, 2.75) is 26.8 Å². The van der Waals surface area contributed by atoms with Crippen molar-refractivity contribution in [2.75, 3.05) is 20.3 Å². The van der Waals surface area contributed by atoms with Crippen molar-refractivity contribution < 1.29 is 23.5 Å². The van der Waals surface area contributed by atoms with Crippen LogP contribution in [-0.2, 0) is 9.53 Å². The third-order valence-electron chi connectivity index (χ3n) is 2.90. The van der Waals surface area contributed by atoms with Gasteiger partial charge in [0.15, 0.2) is 0 Å². The molecule has 0 aliphatic carbocycles. The first-order valence-electron chi connectivity index (χ1n) is 6.71. The molecule has 1 aromatic carbocycles. The largest absolute Gasteiger partial charge is 0.496 e. The van der Waals surface area contributed by atoms with E-state index in [2.05, 4.69) is 0 Å². The van der Waals surface area contributed by atoms with Gasteiger partial charge in [0.25, 0.3) is 5.91 Å². The molecule has 0 aromatic heterocycles. The molecule has 0 saturated carbocycles. The molecular weight excluding hydrogens is 277 g/mol. The Bertz CT molecular complexity index is 516. The van der Waals surface area contributed by atoms with Crippen LogP contribution in [0.4, 0.5) is 4.39 Å². The van der Waals surface area contributed by atoms with Crippen molar-refractivity contribution in [3.05, 3.63) is 29.6 Å². The number of rotatable bonds is 6. The molecule has 0 heterocycles. The Morgan fingerprint density at radius 1 is 1.33 bits per heavy atom. The van der Waals surface area contributed by atoms with Crippen LogP contribution in [0.3, 0.4) is 0 Å². The number of halogens is 1. The predicted molar refractivity (Wildman–Crippen MR) is 75.8 cm³/mol. The van der Waals surface area contributed by atoms with Gasteiger partial charge < -0.3 is 14.4 Å². The van der Waals surface area contributed by atoms with E-state index in [4.69, 9.17) is 9.47 Å². The maximum atomic E-state index is 14.0. The normalized spacial score (nSPS) is 10.4. The van der Waals surface area contributed by atoms with Gasteiger partial charge in [-0.3, -0.25) is 9.59 Å². The molecule has 0 N–H and O–H groups in total. The molecule has 0 aliphatic heterocycles. The van der Waals surface area contributed by atoms with E-state index in [1.165, 1.54) is 30.2 Å². The minimum Gasteiger partial charge on any atom is -0.496 e. The Morgan fingerprint density at radius 3 is 2.52 bits per heavy atom. The number of esters is 1. The number of nitrogens with zero attached hydrogens (tertiary/aromatic N) is 1. The molecule has 5 nitrogen and oxygen atoms in total. The number of benzene rings is 1. The summed E-state index contributed by atoms with van der Waals surface area (Å²) >= 11 is 0. The number of ether oxygens (including phenoxy) is 2. The van der Waals surface area contributed by atoms with Crippen LogP contribution < -0.4 is 4.74 Å². The van der Waals surface area contributed by atoms with Crippen LogP contribution in [0.5, 0.6) is 5.75 Å². The standard InChI is InChI=1S/C15H20FNO4/c1-5-21-13(18)9-17(10(2)3)15(19)14-11(16)7-6-8-12(14)20-4/h6-8,10H,5,9H2,1-4H3. The van der Waals surface area contributed by atoms with Crippen LogP contribution in [-0.4, -0.2) is 43.1 Å². The molecule has 1 amide bonds. The van der Waals surface area contributed by atoms with Crippen LogP contribution in [0.25, 0.3) is 0 Å². The molecule has 1 aromatic rings. The summed E-state index contributed by atoms with van der Waals surface area (Å²) < 4.78 is 23.8. The maximum Gasteiger partial charge on any atom is 0.325 e. The quantitative estimate of drug-likeness (QED) is 0.756. The third-order valence-corrected chi connectivity index (χ3v) is 2.90. The first kappa shape index (κ1) is 16.9. The molecule has 21 heavy (non-hydrogen) atoms. The molecule has 116 valence electrons. The molecule has 1 rings (SSSR count). The van der Waals surface area contributed by atoms with Gasteiger partial charge >= 0.3 is 5.97 Å². The zero-order chi connectivity index (χ0) is 16.0. The lowest BCUT2D eigenvalue weighted by Crippen LogP contribution is -2.41. The van der Waals surface area contributed by atoms with E-state index in [0.717, 1.165) is 0 Å². The summed E-state index contributed by atoms with van der Waals surface area (Å²) in [5.41, 5.74) is -0.182. The SMILES string of the molecule is CCOC(=O)CN(C(=O)c1c(F)cccc1OC)C(C)C. The Kier molecular flexibility index (Phi) is 6.14. The third kappa shape index (κ3) is 4.18. The fraction of sp³-hybridized carbons (Fsp3) is 0.467. The second-order valence-corrected chi connectivity index (χ2v) is 4.65. The van der Waals surface area contributed by atoms with Gasteiger partial charge in [-0.25, -0.2) is 4.39 Å². The highest BCUT2D eigenvalue weighted by molar-refractivity contribution is 5.98. The molecule has 0 radical (unpaired) electrons. The van der Waals surface area contributed by atoms with Gasteiger partial charge in [0.1, 0.15) is 23.7 Å². The van der Waals surface area contributed by atoms with Crippen LogP contribution in [0.15, 0.2) is 18.2 Å². The molecule has 0 atom stereocenters. The van der Waals surface area contributed by atoms with Gasteiger partial charge in [-0.2, -0.15) is 0 Å². The monoisotopic (exact) mass is 297 g/mol. The molecule has 0 spiro atoms. The van der Waals surface area contributed by atoms with E-state index >= 15 is 0 Å². The number of amides is 1. The number of hydrogen-bond donors (Lipinski definition) is 0. The Labute approximate surface area is 123 Å². The van der Waals surface area contributed by atoms with Crippen molar-refractivity contribution >= 4 is 11.9 Å². The summed E-state index contributed by atoms with van der Waals surface area (Å²) in [7, 11) is 1.36. The average Bonchev–Trinajstić information content (AvgIpc) is 2.43. The summed E-state index contributed by atoms with van der Waals surface area (Å²) in [6.45, 7) is 5.15. The van der Waals surface area contributed by atoms with E-state index in [-0.39, 0.29) is 30.5 Å². The second-order valence-electron chi connectivity index (χ2n) is 4.65. The summed E-state index contributed by atoms with van der Waals surface area (Å²) in [6, 6.07) is 3.85. The highest BCUT2D eigenvalue weighted by Gasteiger charge is 2.27. The molecule has 0 bridgehead atoms. The van der Waals surface area contributed by atoms with Gasteiger partial charge in [0.2, 0.25) is 0 Å². The number of hydrogen-bond acceptors (Lipinski definition) is 4. The molecular formula is C15H20FNO4. The summed E-state index contributed by atoms with van der Waals surface area (Å²) in [5, 5.41) is 0. The van der Waals surface area contributed by atoms with Gasteiger partial charge in [-0.15, -0.1) is 0 Å². The van der Waals surface area contributed by atoms with E-state index in [1.807, 2.05) is 0 Å². The number of methoxy groups -OCH3 is 1. The fourth-order valence-electron chi connectivity index (χ4n) is 1.86. The van der Waals surface area contributed by atoms with Crippen LogP contribution >= 0.6 is 0 Å². The number of carbonyl (C=O) groups is 2. The van der Waals surface area contributed by atoms with Crippen molar-refractivity contribution in [1.29, 1.82) is 0 Å². The van der Waals surface area contributed by atoms with E-state index in [9.17, 15) is 14.0 Å². The average molecular weight is 297 g/mol. The lowest BCUT2D eigenvalue weighted by Gasteiger charge is -2.26. The Hall–Kier alpha value is -2.11. The van der Waals surface area contributed by atoms with Crippen LogP contribution in [0.2, 0.25) is 0 Å². The van der Waals surface area contributed by atoms with Gasteiger partial charge in [0.05, 0.1) is 13.7 Å². The zero-order valence-electron chi connectivity index (χ0n) is 12.7. The zero-order valence-corrected chi connectivity index (χ0v) is 12.7. The van der Waals surface area contributed by atoms with Gasteiger partial charge in [-0.05, 0) is 32.9 Å².